The van der Waals surface area contributed by atoms with Gasteiger partial charge in [0.15, 0.2) is 0 Å². The molecule has 124 valence electrons. The van der Waals surface area contributed by atoms with E-state index in [-0.39, 0.29) is 0 Å². The number of hydrogen-bond acceptors (Lipinski definition) is 4. The molecule has 1 aromatic heterocycles. The largest absolute Gasteiger partial charge is 0.495 e. The topological polar surface area (TPSA) is 33.5 Å². The number of ether oxygens (including phenoxy) is 1. The van der Waals surface area contributed by atoms with Gasteiger partial charge in [0.2, 0.25) is 0 Å². The van der Waals surface area contributed by atoms with Crippen LogP contribution in [0.15, 0.2) is 36.7 Å². The molecule has 0 radical (unpaired) electrons. The third-order valence-corrected chi connectivity index (χ3v) is 4.59. The maximum Gasteiger partial charge on any atom is 0.142 e. The van der Waals surface area contributed by atoms with Crippen molar-refractivity contribution in [1.82, 2.24) is 14.7 Å². The molecule has 1 atom stereocenters. The minimum Gasteiger partial charge on any atom is -0.495 e. The fraction of sp³-hybridized carbons (Fsp3) is 0.500. The second-order valence-electron chi connectivity index (χ2n) is 6.14. The van der Waals surface area contributed by atoms with E-state index >= 15 is 0 Å². The van der Waals surface area contributed by atoms with Crippen LogP contribution in [0.4, 0.5) is 5.69 Å². The summed E-state index contributed by atoms with van der Waals surface area (Å²) >= 11 is 0. The molecule has 1 aliphatic rings. The van der Waals surface area contributed by atoms with Crippen LogP contribution in [0.1, 0.15) is 19.4 Å². The van der Waals surface area contributed by atoms with Crippen molar-refractivity contribution in [2.24, 2.45) is 0 Å². The van der Waals surface area contributed by atoms with Gasteiger partial charge in [-0.2, -0.15) is 5.10 Å². The van der Waals surface area contributed by atoms with Crippen molar-refractivity contribution in [2.75, 3.05) is 31.6 Å². The van der Waals surface area contributed by atoms with Crippen LogP contribution in [0.5, 0.6) is 5.75 Å². The van der Waals surface area contributed by atoms with E-state index in [1.807, 2.05) is 23.0 Å². The van der Waals surface area contributed by atoms with Gasteiger partial charge in [-0.1, -0.05) is 12.1 Å². The van der Waals surface area contributed by atoms with Crippen LogP contribution in [0.25, 0.3) is 0 Å². The van der Waals surface area contributed by atoms with Crippen LogP contribution in [-0.2, 0) is 13.1 Å². The Morgan fingerprint density at radius 2 is 2.09 bits per heavy atom. The molecule has 23 heavy (non-hydrogen) atoms. The molecule has 0 saturated carbocycles. The molecule has 2 heterocycles. The highest BCUT2D eigenvalue weighted by Crippen LogP contribution is 2.29. The first kappa shape index (κ1) is 15.9. The lowest BCUT2D eigenvalue weighted by Gasteiger charge is -2.41. The normalized spacial score (nSPS) is 19.1. The van der Waals surface area contributed by atoms with Crippen LogP contribution < -0.4 is 9.64 Å². The van der Waals surface area contributed by atoms with Gasteiger partial charge in [0.1, 0.15) is 5.75 Å². The Kier molecular flexibility index (Phi) is 4.86. The fourth-order valence-corrected chi connectivity index (χ4v) is 3.24. The van der Waals surface area contributed by atoms with E-state index in [9.17, 15) is 0 Å². The molecule has 1 aliphatic heterocycles. The van der Waals surface area contributed by atoms with E-state index in [1.54, 1.807) is 7.11 Å². The molecule has 5 heteroatoms. The van der Waals surface area contributed by atoms with Crippen molar-refractivity contribution < 1.29 is 4.74 Å². The summed E-state index contributed by atoms with van der Waals surface area (Å²) in [6.45, 7) is 9.40. The smallest absolute Gasteiger partial charge is 0.142 e. The third-order valence-electron chi connectivity index (χ3n) is 4.59. The zero-order chi connectivity index (χ0) is 16.2. The fourth-order valence-electron chi connectivity index (χ4n) is 3.24. The number of aryl methyl sites for hydroxylation is 1. The Balaban J connectivity index is 1.65. The summed E-state index contributed by atoms with van der Waals surface area (Å²) in [5.74, 6) is 0.956. The van der Waals surface area contributed by atoms with E-state index in [2.05, 4.69) is 47.1 Å². The molecule has 5 nitrogen and oxygen atoms in total. The molecule has 2 aromatic rings. The number of piperazine rings is 1. The number of nitrogens with zero attached hydrogens (tertiary/aromatic N) is 4. The quantitative estimate of drug-likeness (QED) is 0.849. The van der Waals surface area contributed by atoms with Crippen molar-refractivity contribution in [2.45, 2.75) is 33.0 Å². The number of aromatic nitrogens is 2. The van der Waals surface area contributed by atoms with Gasteiger partial charge in [0.25, 0.3) is 0 Å². The standard InChI is InChI=1S/C18H26N4O/c1-4-22-14-16(11-19-22)13-20-9-10-21(12-15(20)2)17-7-5-6-8-18(17)23-3/h5-8,11,14-15H,4,9-10,12-13H2,1-3H3/t15-/m1/s1. The highest BCUT2D eigenvalue weighted by Gasteiger charge is 2.25. The van der Waals surface area contributed by atoms with Gasteiger partial charge >= 0.3 is 0 Å². The van der Waals surface area contributed by atoms with Gasteiger partial charge in [-0.3, -0.25) is 9.58 Å². The van der Waals surface area contributed by atoms with Crippen LogP contribution in [-0.4, -0.2) is 47.5 Å². The van der Waals surface area contributed by atoms with Gasteiger partial charge in [0, 0.05) is 50.5 Å². The first-order valence-corrected chi connectivity index (χ1v) is 8.34. The zero-order valence-electron chi connectivity index (χ0n) is 14.3. The Bertz CT molecular complexity index is 639. The van der Waals surface area contributed by atoms with E-state index in [4.69, 9.17) is 4.74 Å². The molecule has 0 N–H and O–H groups in total. The first-order chi connectivity index (χ1) is 11.2. The molecule has 0 aliphatic carbocycles. The van der Waals surface area contributed by atoms with E-state index in [0.29, 0.717) is 6.04 Å². The summed E-state index contributed by atoms with van der Waals surface area (Å²) in [6.07, 6.45) is 4.14. The summed E-state index contributed by atoms with van der Waals surface area (Å²) in [5.41, 5.74) is 2.49. The predicted molar refractivity (Wildman–Crippen MR) is 93.0 cm³/mol. The molecule has 0 unspecified atom stereocenters. The van der Waals surface area contributed by atoms with E-state index < -0.39 is 0 Å². The van der Waals surface area contributed by atoms with Crippen LogP contribution in [0.3, 0.4) is 0 Å². The summed E-state index contributed by atoms with van der Waals surface area (Å²) in [7, 11) is 1.74. The summed E-state index contributed by atoms with van der Waals surface area (Å²) in [5, 5.41) is 4.37. The van der Waals surface area contributed by atoms with Crippen molar-refractivity contribution in [1.29, 1.82) is 0 Å². The maximum absolute atomic E-state index is 5.51. The van der Waals surface area contributed by atoms with Gasteiger partial charge in [0.05, 0.1) is 19.0 Å². The summed E-state index contributed by atoms with van der Waals surface area (Å²) in [4.78, 5) is 4.96. The average Bonchev–Trinajstić information content (AvgIpc) is 3.04. The predicted octanol–water partition coefficient (Wildman–Crippen LogP) is 2.62. The molecule has 1 aromatic carbocycles. The molecular formula is C18H26N4O. The zero-order valence-corrected chi connectivity index (χ0v) is 14.3. The number of para-hydroxylation sites is 2. The van der Waals surface area contributed by atoms with Gasteiger partial charge < -0.3 is 9.64 Å². The van der Waals surface area contributed by atoms with E-state index in [1.165, 1.54) is 11.3 Å². The Morgan fingerprint density at radius 1 is 1.26 bits per heavy atom. The van der Waals surface area contributed by atoms with E-state index in [0.717, 1.165) is 38.5 Å². The molecule has 0 amide bonds. The lowest BCUT2D eigenvalue weighted by molar-refractivity contribution is 0.180. The summed E-state index contributed by atoms with van der Waals surface area (Å²) in [6, 6.07) is 8.78. The highest BCUT2D eigenvalue weighted by molar-refractivity contribution is 5.58. The minimum absolute atomic E-state index is 0.499. The molecule has 1 saturated heterocycles. The van der Waals surface area contributed by atoms with Crippen molar-refractivity contribution in [3.8, 4) is 5.75 Å². The number of hydrogen-bond donors (Lipinski definition) is 0. The first-order valence-electron chi connectivity index (χ1n) is 8.34. The lowest BCUT2D eigenvalue weighted by Crippen LogP contribution is -2.51. The lowest BCUT2D eigenvalue weighted by atomic mass is 10.1. The molecule has 0 spiro atoms. The Labute approximate surface area is 138 Å². The minimum atomic E-state index is 0.499. The summed E-state index contributed by atoms with van der Waals surface area (Å²) < 4.78 is 7.50. The monoisotopic (exact) mass is 314 g/mol. The molecule has 3 rings (SSSR count). The number of methoxy groups -OCH3 is 1. The van der Waals surface area contributed by atoms with Crippen LogP contribution in [0, 0.1) is 0 Å². The second kappa shape index (κ2) is 7.04. The third kappa shape index (κ3) is 3.50. The number of rotatable bonds is 5. The Morgan fingerprint density at radius 3 is 2.78 bits per heavy atom. The van der Waals surface area contributed by atoms with Crippen molar-refractivity contribution in [3.05, 3.63) is 42.2 Å². The molecule has 0 bridgehead atoms. The van der Waals surface area contributed by atoms with Gasteiger partial charge in [-0.05, 0) is 26.0 Å². The van der Waals surface area contributed by atoms with Crippen molar-refractivity contribution in [3.63, 3.8) is 0 Å². The molecular weight excluding hydrogens is 288 g/mol. The molecule has 1 fully saturated rings. The highest BCUT2D eigenvalue weighted by atomic mass is 16.5. The van der Waals surface area contributed by atoms with Gasteiger partial charge in [-0.25, -0.2) is 0 Å². The maximum atomic E-state index is 5.51. The van der Waals surface area contributed by atoms with Crippen LogP contribution >= 0.6 is 0 Å². The SMILES string of the molecule is CCn1cc(CN2CCN(c3ccccc3OC)C[C@H]2C)cn1. The average molecular weight is 314 g/mol. The number of anilines is 1. The van der Waals surface area contributed by atoms with Crippen molar-refractivity contribution >= 4 is 5.69 Å². The Hall–Kier alpha value is -2.01. The number of benzene rings is 1. The van der Waals surface area contributed by atoms with Gasteiger partial charge in [-0.15, -0.1) is 0 Å². The van der Waals surface area contributed by atoms with Crippen LogP contribution in [0.2, 0.25) is 0 Å². The second-order valence-corrected chi connectivity index (χ2v) is 6.14.